The van der Waals surface area contributed by atoms with Crippen LogP contribution in [0.2, 0.25) is 0 Å². The summed E-state index contributed by atoms with van der Waals surface area (Å²) in [5, 5.41) is 3.50. The fraction of sp³-hybridized carbons (Fsp3) is 0.353. The Kier molecular flexibility index (Phi) is 7.87. The Morgan fingerprint density at radius 1 is 1.32 bits per heavy atom. The second kappa shape index (κ2) is 10.1. The van der Waals surface area contributed by atoms with Crippen LogP contribution in [0.4, 0.5) is 0 Å². The molecule has 0 saturated heterocycles. The number of nitrogens with one attached hydrogen (secondary N) is 1. The van der Waals surface area contributed by atoms with Crippen LogP contribution in [-0.4, -0.2) is 46.1 Å². The molecule has 1 aromatic heterocycles. The van der Waals surface area contributed by atoms with Crippen LogP contribution in [0.5, 0.6) is 0 Å². The van der Waals surface area contributed by atoms with E-state index in [1.165, 1.54) is 24.4 Å². The number of carbonyl (C=O) groups is 2. The number of imidazole rings is 1. The van der Waals surface area contributed by atoms with Crippen LogP contribution in [0.3, 0.4) is 0 Å². The molecule has 1 aromatic carbocycles. The number of aryl methyl sites for hydroxylation is 1. The first-order chi connectivity index (χ1) is 12.1. The molecule has 2 rings (SSSR count). The maximum absolute atomic E-state index is 12.1. The molecular formula is C17H21N3O3S2. The van der Waals surface area contributed by atoms with Crippen molar-refractivity contribution in [2.45, 2.75) is 17.0 Å². The van der Waals surface area contributed by atoms with Gasteiger partial charge < -0.3 is 14.6 Å². The quantitative estimate of drug-likeness (QED) is 0.531. The monoisotopic (exact) mass is 379 g/mol. The van der Waals surface area contributed by atoms with Crippen LogP contribution in [0, 0.1) is 0 Å². The van der Waals surface area contributed by atoms with Crippen LogP contribution < -0.4 is 5.32 Å². The zero-order chi connectivity index (χ0) is 18.1. The highest BCUT2D eigenvalue weighted by Gasteiger charge is 2.21. The molecule has 134 valence electrons. The number of hydrogen-bond acceptors (Lipinski definition) is 6. The van der Waals surface area contributed by atoms with Crippen molar-refractivity contribution in [1.82, 2.24) is 14.9 Å². The zero-order valence-electron chi connectivity index (χ0n) is 14.2. The largest absolute Gasteiger partial charge is 0.467 e. The van der Waals surface area contributed by atoms with Crippen LogP contribution in [-0.2, 0) is 27.1 Å². The SMILES string of the molecule is COC(=O)[C@H](CSCc1ccccc1)NC(=O)CSc1nccn1C. The second-order valence-corrected chi connectivity index (χ2v) is 7.23. The Balaban J connectivity index is 1.81. The van der Waals surface area contributed by atoms with E-state index in [2.05, 4.69) is 10.3 Å². The molecular weight excluding hydrogens is 358 g/mol. The Bertz CT molecular complexity index is 691. The van der Waals surface area contributed by atoms with Gasteiger partial charge in [0.2, 0.25) is 5.91 Å². The van der Waals surface area contributed by atoms with E-state index < -0.39 is 12.0 Å². The summed E-state index contributed by atoms with van der Waals surface area (Å²) < 4.78 is 6.63. The average molecular weight is 380 g/mol. The summed E-state index contributed by atoms with van der Waals surface area (Å²) in [4.78, 5) is 28.2. The first-order valence-electron chi connectivity index (χ1n) is 7.69. The first-order valence-corrected chi connectivity index (χ1v) is 9.83. The number of esters is 1. The maximum atomic E-state index is 12.1. The minimum absolute atomic E-state index is 0.196. The summed E-state index contributed by atoms with van der Waals surface area (Å²) in [6.45, 7) is 0. The molecule has 0 unspecified atom stereocenters. The third-order valence-corrected chi connectivity index (χ3v) is 5.49. The number of rotatable bonds is 9. The van der Waals surface area contributed by atoms with Crippen molar-refractivity contribution in [2.75, 3.05) is 18.6 Å². The van der Waals surface area contributed by atoms with Crippen LogP contribution in [0.15, 0.2) is 47.9 Å². The number of methoxy groups -OCH3 is 1. The highest BCUT2D eigenvalue weighted by molar-refractivity contribution is 7.99. The van der Waals surface area contributed by atoms with Gasteiger partial charge in [-0.15, -0.1) is 0 Å². The lowest BCUT2D eigenvalue weighted by molar-refractivity contribution is -0.144. The molecule has 25 heavy (non-hydrogen) atoms. The van der Waals surface area contributed by atoms with E-state index in [-0.39, 0.29) is 11.7 Å². The number of hydrogen-bond donors (Lipinski definition) is 1. The van der Waals surface area contributed by atoms with Gasteiger partial charge in [-0.05, 0) is 5.56 Å². The Morgan fingerprint density at radius 3 is 2.72 bits per heavy atom. The summed E-state index contributed by atoms with van der Waals surface area (Å²) in [5.74, 6) is 0.772. The van der Waals surface area contributed by atoms with Crippen LogP contribution in [0.25, 0.3) is 0 Å². The van der Waals surface area contributed by atoms with E-state index in [0.29, 0.717) is 5.75 Å². The van der Waals surface area contributed by atoms with Crippen molar-refractivity contribution in [3.8, 4) is 0 Å². The summed E-state index contributed by atoms with van der Waals surface area (Å²) >= 11 is 2.90. The number of aromatic nitrogens is 2. The van der Waals surface area contributed by atoms with Gasteiger partial charge in [-0.1, -0.05) is 42.1 Å². The number of nitrogens with zero attached hydrogens (tertiary/aromatic N) is 2. The molecule has 1 heterocycles. The van der Waals surface area contributed by atoms with Crippen molar-refractivity contribution in [1.29, 1.82) is 0 Å². The molecule has 1 N–H and O–H groups in total. The van der Waals surface area contributed by atoms with Crippen molar-refractivity contribution in [3.63, 3.8) is 0 Å². The van der Waals surface area contributed by atoms with E-state index in [1.807, 2.05) is 48.1 Å². The van der Waals surface area contributed by atoms with Gasteiger partial charge in [-0.3, -0.25) is 4.79 Å². The lowest BCUT2D eigenvalue weighted by Crippen LogP contribution is -2.44. The molecule has 1 atom stereocenters. The number of carbonyl (C=O) groups excluding carboxylic acids is 2. The predicted molar refractivity (Wildman–Crippen MR) is 100 cm³/mol. The van der Waals surface area contributed by atoms with Gasteiger partial charge in [0.05, 0.1) is 12.9 Å². The highest BCUT2D eigenvalue weighted by atomic mass is 32.2. The topological polar surface area (TPSA) is 73.2 Å². The molecule has 0 aliphatic rings. The number of ether oxygens (including phenoxy) is 1. The maximum Gasteiger partial charge on any atom is 0.329 e. The van der Waals surface area contributed by atoms with Crippen molar-refractivity contribution in [2.24, 2.45) is 7.05 Å². The molecule has 0 aliphatic carbocycles. The van der Waals surface area contributed by atoms with E-state index in [1.54, 1.807) is 18.0 Å². The van der Waals surface area contributed by atoms with Gasteiger partial charge in [0.25, 0.3) is 0 Å². The van der Waals surface area contributed by atoms with Gasteiger partial charge in [0.15, 0.2) is 5.16 Å². The standard InChI is InChI=1S/C17H21N3O3S2/c1-20-9-8-18-17(20)25-12-15(21)19-14(16(22)23-2)11-24-10-13-6-4-3-5-7-13/h3-9,14H,10-12H2,1-2H3,(H,19,21)/t14-/m0/s1. The molecule has 0 aliphatic heterocycles. The minimum Gasteiger partial charge on any atom is -0.467 e. The van der Waals surface area contributed by atoms with Crippen molar-refractivity contribution in [3.05, 3.63) is 48.3 Å². The van der Waals surface area contributed by atoms with Crippen LogP contribution in [0.1, 0.15) is 5.56 Å². The summed E-state index contributed by atoms with van der Waals surface area (Å²) in [6.07, 6.45) is 3.50. The second-order valence-electron chi connectivity index (χ2n) is 5.25. The summed E-state index contributed by atoms with van der Waals surface area (Å²) in [6, 6.07) is 9.32. The normalized spacial score (nSPS) is 11.8. The molecule has 0 bridgehead atoms. The number of amides is 1. The Labute approximate surface area is 155 Å². The molecule has 8 heteroatoms. The molecule has 0 radical (unpaired) electrons. The lowest BCUT2D eigenvalue weighted by atomic mass is 10.2. The highest BCUT2D eigenvalue weighted by Crippen LogP contribution is 2.15. The van der Waals surface area contributed by atoms with Gasteiger partial charge in [-0.25, -0.2) is 9.78 Å². The van der Waals surface area contributed by atoms with Crippen LogP contribution >= 0.6 is 23.5 Å². The fourth-order valence-electron chi connectivity index (χ4n) is 2.04. The van der Waals surface area contributed by atoms with E-state index in [4.69, 9.17) is 4.74 Å². The smallest absolute Gasteiger partial charge is 0.329 e. The summed E-state index contributed by atoms with van der Waals surface area (Å²) in [7, 11) is 3.19. The average Bonchev–Trinajstić information content (AvgIpc) is 3.04. The number of benzene rings is 1. The van der Waals surface area contributed by atoms with E-state index in [9.17, 15) is 9.59 Å². The van der Waals surface area contributed by atoms with Gasteiger partial charge in [-0.2, -0.15) is 11.8 Å². The Morgan fingerprint density at radius 2 is 2.08 bits per heavy atom. The van der Waals surface area contributed by atoms with Crippen molar-refractivity contribution < 1.29 is 14.3 Å². The fourth-order valence-corrected chi connectivity index (χ4v) is 3.78. The van der Waals surface area contributed by atoms with E-state index in [0.717, 1.165) is 10.9 Å². The zero-order valence-corrected chi connectivity index (χ0v) is 15.8. The molecule has 0 saturated carbocycles. The number of thioether (sulfide) groups is 2. The van der Waals surface area contributed by atoms with Gasteiger partial charge in [0.1, 0.15) is 6.04 Å². The molecule has 6 nitrogen and oxygen atoms in total. The van der Waals surface area contributed by atoms with Gasteiger partial charge in [0, 0.05) is 30.9 Å². The molecule has 1 amide bonds. The predicted octanol–water partition coefficient (Wildman–Crippen LogP) is 2.10. The van der Waals surface area contributed by atoms with Gasteiger partial charge >= 0.3 is 5.97 Å². The molecule has 0 fully saturated rings. The lowest BCUT2D eigenvalue weighted by Gasteiger charge is -2.16. The summed E-state index contributed by atoms with van der Waals surface area (Å²) in [5.41, 5.74) is 1.17. The van der Waals surface area contributed by atoms with Crippen molar-refractivity contribution >= 4 is 35.4 Å². The van der Waals surface area contributed by atoms with E-state index >= 15 is 0 Å². The molecule has 2 aromatic rings. The molecule has 0 spiro atoms. The third-order valence-electron chi connectivity index (χ3n) is 3.33. The minimum atomic E-state index is -0.659. The third kappa shape index (κ3) is 6.47. The first kappa shape index (κ1) is 19.4. The Hall–Kier alpha value is -1.93.